The van der Waals surface area contributed by atoms with E-state index in [1.54, 1.807) is 0 Å². The number of nitrogens with one attached hydrogen (secondary N) is 2. The highest BCUT2D eigenvalue weighted by Gasteiger charge is 2.16. The van der Waals surface area contributed by atoms with Gasteiger partial charge in [-0.3, -0.25) is 4.79 Å². The van der Waals surface area contributed by atoms with Crippen LogP contribution in [0, 0.1) is 0 Å². The third kappa shape index (κ3) is 6.71. The fourth-order valence-corrected chi connectivity index (χ4v) is 2.20. The summed E-state index contributed by atoms with van der Waals surface area (Å²) in [4.78, 5) is 11.7. The summed E-state index contributed by atoms with van der Waals surface area (Å²) in [5.41, 5.74) is 1.17. The van der Waals surface area contributed by atoms with Crippen LogP contribution < -0.4 is 10.6 Å². The second-order valence-electron chi connectivity index (χ2n) is 5.14. The Morgan fingerprint density at radius 3 is 3.00 bits per heavy atom. The van der Waals surface area contributed by atoms with Gasteiger partial charge in [-0.25, -0.2) is 0 Å². The molecule has 1 saturated heterocycles. The van der Waals surface area contributed by atoms with Crippen LogP contribution in [0.4, 0.5) is 0 Å². The average Bonchev–Trinajstić information content (AvgIpc) is 2.53. The maximum absolute atomic E-state index is 11.7. The minimum absolute atomic E-state index is 0.00748. The van der Waals surface area contributed by atoms with Crippen molar-refractivity contribution in [2.24, 2.45) is 0 Å². The molecular weight excluding hydrogens is 268 g/mol. The molecule has 0 aromatic heterocycles. The van der Waals surface area contributed by atoms with E-state index in [4.69, 9.17) is 9.47 Å². The number of morpholine rings is 1. The van der Waals surface area contributed by atoms with Crippen molar-refractivity contribution in [2.45, 2.75) is 25.6 Å². The van der Waals surface area contributed by atoms with Crippen LogP contribution in [0.25, 0.3) is 0 Å². The Hall–Kier alpha value is -1.43. The summed E-state index contributed by atoms with van der Waals surface area (Å²) in [7, 11) is 0. The minimum atomic E-state index is 0.00748. The summed E-state index contributed by atoms with van der Waals surface area (Å²) in [6.45, 7) is 4.23. The van der Waals surface area contributed by atoms with Crippen molar-refractivity contribution in [1.29, 1.82) is 0 Å². The highest BCUT2D eigenvalue weighted by molar-refractivity contribution is 5.76. The Morgan fingerprint density at radius 2 is 2.24 bits per heavy atom. The van der Waals surface area contributed by atoms with Crippen LogP contribution in [0.1, 0.15) is 18.4 Å². The van der Waals surface area contributed by atoms with E-state index < -0.39 is 0 Å². The molecule has 1 atom stereocenters. The van der Waals surface area contributed by atoms with Gasteiger partial charge in [0.1, 0.15) is 0 Å². The van der Waals surface area contributed by atoms with Crippen molar-refractivity contribution in [3.05, 3.63) is 35.9 Å². The Balaban J connectivity index is 1.46. The molecule has 5 heteroatoms. The van der Waals surface area contributed by atoms with Gasteiger partial charge in [0, 0.05) is 26.2 Å². The van der Waals surface area contributed by atoms with Crippen molar-refractivity contribution in [1.82, 2.24) is 10.6 Å². The minimum Gasteiger partial charge on any atom is -0.377 e. The van der Waals surface area contributed by atoms with Crippen molar-refractivity contribution in [3.8, 4) is 0 Å². The molecule has 1 aromatic carbocycles. The highest BCUT2D eigenvalue weighted by Crippen LogP contribution is 2.02. The fourth-order valence-electron chi connectivity index (χ4n) is 2.20. The lowest BCUT2D eigenvalue weighted by atomic mass is 10.2. The lowest BCUT2D eigenvalue weighted by Crippen LogP contribution is -2.41. The summed E-state index contributed by atoms with van der Waals surface area (Å²) in [6, 6.07) is 10.1. The number of amides is 1. The number of carbonyl (C=O) groups excluding carboxylic acids is 1. The zero-order valence-corrected chi connectivity index (χ0v) is 12.3. The molecule has 1 aliphatic rings. The normalized spacial score (nSPS) is 18.4. The van der Waals surface area contributed by atoms with Crippen molar-refractivity contribution >= 4 is 5.91 Å². The van der Waals surface area contributed by atoms with Gasteiger partial charge in [0.2, 0.25) is 5.91 Å². The van der Waals surface area contributed by atoms with Gasteiger partial charge in [0.25, 0.3) is 0 Å². The Morgan fingerprint density at radius 1 is 1.38 bits per heavy atom. The van der Waals surface area contributed by atoms with E-state index >= 15 is 0 Å². The molecule has 0 bridgehead atoms. The van der Waals surface area contributed by atoms with Gasteiger partial charge in [-0.2, -0.15) is 0 Å². The molecule has 1 aromatic rings. The molecule has 2 rings (SSSR count). The summed E-state index contributed by atoms with van der Waals surface area (Å²) >= 11 is 0. The first-order chi connectivity index (χ1) is 10.3. The summed E-state index contributed by atoms with van der Waals surface area (Å²) < 4.78 is 11.1. The molecular formula is C16H24N2O3. The summed E-state index contributed by atoms with van der Waals surface area (Å²) in [5.74, 6) is 0.0479. The number of carbonyl (C=O) groups is 1. The molecule has 0 radical (unpaired) electrons. The number of benzene rings is 1. The quantitative estimate of drug-likeness (QED) is 0.704. The van der Waals surface area contributed by atoms with E-state index in [1.165, 1.54) is 5.56 Å². The van der Waals surface area contributed by atoms with E-state index in [-0.39, 0.29) is 12.0 Å². The van der Waals surface area contributed by atoms with Crippen LogP contribution in [0.5, 0.6) is 0 Å². The lowest BCUT2D eigenvalue weighted by Gasteiger charge is -2.23. The van der Waals surface area contributed by atoms with Gasteiger partial charge in [0.15, 0.2) is 0 Å². The van der Waals surface area contributed by atoms with Crippen LogP contribution in [0.3, 0.4) is 0 Å². The Labute approximate surface area is 126 Å². The first kappa shape index (κ1) is 15.9. The fraction of sp³-hybridized carbons (Fsp3) is 0.562. The molecule has 116 valence electrons. The number of rotatable bonds is 8. The molecule has 0 spiro atoms. The first-order valence-corrected chi connectivity index (χ1v) is 7.55. The van der Waals surface area contributed by atoms with Crippen LogP contribution in [0.15, 0.2) is 30.3 Å². The molecule has 5 nitrogen and oxygen atoms in total. The van der Waals surface area contributed by atoms with E-state index in [2.05, 4.69) is 10.6 Å². The maximum atomic E-state index is 11.7. The second-order valence-corrected chi connectivity index (χ2v) is 5.14. The standard InChI is InChI=1S/C16H24N2O3/c19-16(11-15-12-17-8-10-21-15)18-7-4-9-20-13-14-5-2-1-3-6-14/h1-3,5-6,15,17H,4,7-13H2,(H,18,19). The largest absolute Gasteiger partial charge is 0.377 e. The van der Waals surface area contributed by atoms with Crippen LogP contribution in [0.2, 0.25) is 0 Å². The van der Waals surface area contributed by atoms with Gasteiger partial charge < -0.3 is 20.1 Å². The van der Waals surface area contributed by atoms with E-state index in [1.807, 2.05) is 30.3 Å². The Kier molecular flexibility index (Phi) is 7.21. The molecule has 1 amide bonds. The number of ether oxygens (including phenoxy) is 2. The SMILES string of the molecule is O=C(CC1CNCCO1)NCCCOCc1ccccc1. The van der Waals surface area contributed by atoms with Gasteiger partial charge in [0.05, 0.1) is 25.7 Å². The van der Waals surface area contributed by atoms with Crippen LogP contribution >= 0.6 is 0 Å². The van der Waals surface area contributed by atoms with E-state index in [0.29, 0.717) is 32.8 Å². The summed E-state index contributed by atoms with van der Waals surface area (Å²) in [6.07, 6.45) is 1.26. The van der Waals surface area contributed by atoms with E-state index in [0.717, 1.165) is 19.5 Å². The molecule has 1 heterocycles. The van der Waals surface area contributed by atoms with E-state index in [9.17, 15) is 4.79 Å². The molecule has 1 unspecified atom stereocenters. The number of hydrogen-bond donors (Lipinski definition) is 2. The molecule has 1 aliphatic heterocycles. The first-order valence-electron chi connectivity index (χ1n) is 7.55. The Bertz CT molecular complexity index is 405. The monoisotopic (exact) mass is 292 g/mol. The van der Waals surface area contributed by atoms with Crippen LogP contribution in [-0.4, -0.2) is 44.9 Å². The molecule has 2 N–H and O–H groups in total. The van der Waals surface area contributed by atoms with Crippen molar-refractivity contribution < 1.29 is 14.3 Å². The molecule has 0 aliphatic carbocycles. The topological polar surface area (TPSA) is 59.6 Å². The number of hydrogen-bond acceptors (Lipinski definition) is 4. The smallest absolute Gasteiger partial charge is 0.222 e. The summed E-state index contributed by atoms with van der Waals surface area (Å²) in [5, 5.41) is 6.12. The predicted molar refractivity (Wildman–Crippen MR) is 81.0 cm³/mol. The zero-order valence-electron chi connectivity index (χ0n) is 12.3. The predicted octanol–water partition coefficient (Wildman–Crippen LogP) is 1.09. The third-order valence-corrected chi connectivity index (χ3v) is 3.32. The van der Waals surface area contributed by atoms with Crippen molar-refractivity contribution in [2.75, 3.05) is 32.8 Å². The van der Waals surface area contributed by atoms with Gasteiger partial charge >= 0.3 is 0 Å². The molecule has 0 saturated carbocycles. The highest BCUT2D eigenvalue weighted by atomic mass is 16.5. The molecule has 21 heavy (non-hydrogen) atoms. The molecule has 1 fully saturated rings. The maximum Gasteiger partial charge on any atom is 0.222 e. The van der Waals surface area contributed by atoms with Crippen molar-refractivity contribution in [3.63, 3.8) is 0 Å². The van der Waals surface area contributed by atoms with Crippen LogP contribution in [-0.2, 0) is 20.9 Å². The van der Waals surface area contributed by atoms with Gasteiger partial charge in [-0.1, -0.05) is 30.3 Å². The van der Waals surface area contributed by atoms with Gasteiger partial charge in [-0.15, -0.1) is 0 Å². The zero-order chi connectivity index (χ0) is 14.8. The van der Waals surface area contributed by atoms with Gasteiger partial charge in [-0.05, 0) is 12.0 Å². The third-order valence-electron chi connectivity index (χ3n) is 3.32. The second kappa shape index (κ2) is 9.50. The average molecular weight is 292 g/mol. The lowest BCUT2D eigenvalue weighted by molar-refractivity contribution is -0.124.